The Kier molecular flexibility index (Phi) is 3.52. The van der Waals surface area contributed by atoms with Crippen molar-refractivity contribution >= 4 is 5.78 Å². The minimum Gasteiger partial charge on any atom is -0.300 e. The molecule has 1 aliphatic heterocycles. The van der Waals surface area contributed by atoms with Gasteiger partial charge in [0.05, 0.1) is 6.54 Å². The van der Waals surface area contributed by atoms with Crippen molar-refractivity contribution in [1.29, 1.82) is 0 Å². The summed E-state index contributed by atoms with van der Waals surface area (Å²) in [5.74, 6) is -2.67. The van der Waals surface area contributed by atoms with Crippen LogP contribution in [0.4, 0.5) is 8.78 Å². The largest absolute Gasteiger partial charge is 0.300 e. The molecule has 0 spiro atoms. The highest BCUT2D eigenvalue weighted by Crippen LogP contribution is 2.29. The third-order valence-electron chi connectivity index (χ3n) is 3.03. The van der Waals surface area contributed by atoms with Crippen LogP contribution in [-0.4, -0.2) is 30.3 Å². The zero-order valence-electron chi connectivity index (χ0n) is 9.53. The Balaban J connectivity index is 2.00. The highest BCUT2D eigenvalue weighted by Gasteiger charge is 2.34. The van der Waals surface area contributed by atoms with Gasteiger partial charge in [0.15, 0.2) is 0 Å². The van der Waals surface area contributed by atoms with Gasteiger partial charge in [0.2, 0.25) is 0 Å². The Morgan fingerprint density at radius 2 is 1.71 bits per heavy atom. The van der Waals surface area contributed by atoms with E-state index in [0.29, 0.717) is 25.9 Å². The van der Waals surface area contributed by atoms with Gasteiger partial charge in [-0.3, -0.25) is 9.69 Å². The predicted octanol–water partition coefficient (Wildman–Crippen LogP) is 2.44. The highest BCUT2D eigenvalue weighted by atomic mass is 19.3. The van der Waals surface area contributed by atoms with Crippen LogP contribution in [0.25, 0.3) is 0 Å². The summed E-state index contributed by atoms with van der Waals surface area (Å²) < 4.78 is 27.8. The summed E-state index contributed by atoms with van der Waals surface area (Å²) in [5, 5.41) is 0. The SMILES string of the molecule is O=C1CCN(CC(F)(F)c2ccccc2)CC1. The smallest absolute Gasteiger partial charge is 0.285 e. The van der Waals surface area contributed by atoms with Crippen molar-refractivity contribution < 1.29 is 13.6 Å². The molecule has 4 heteroatoms. The number of benzene rings is 1. The molecule has 0 amide bonds. The number of carbonyl (C=O) groups excluding carboxylic acids is 1. The van der Waals surface area contributed by atoms with E-state index in [4.69, 9.17) is 0 Å². The van der Waals surface area contributed by atoms with Gasteiger partial charge in [-0.25, -0.2) is 0 Å². The zero-order valence-corrected chi connectivity index (χ0v) is 9.53. The summed E-state index contributed by atoms with van der Waals surface area (Å²) in [4.78, 5) is 12.7. The number of carbonyl (C=O) groups is 1. The summed E-state index contributed by atoms with van der Waals surface area (Å²) in [7, 11) is 0. The Morgan fingerprint density at radius 3 is 2.29 bits per heavy atom. The first-order valence-electron chi connectivity index (χ1n) is 5.75. The first kappa shape index (κ1) is 12.2. The van der Waals surface area contributed by atoms with Gasteiger partial charge < -0.3 is 0 Å². The van der Waals surface area contributed by atoms with E-state index >= 15 is 0 Å². The number of ketones is 1. The molecule has 1 heterocycles. The summed E-state index contributed by atoms with van der Waals surface area (Å²) in [6.07, 6.45) is 0.787. The number of alkyl halides is 2. The molecule has 0 radical (unpaired) electrons. The van der Waals surface area contributed by atoms with Crippen LogP contribution in [0.2, 0.25) is 0 Å². The lowest BCUT2D eigenvalue weighted by Gasteiger charge is -2.29. The zero-order chi connectivity index (χ0) is 12.3. The lowest BCUT2D eigenvalue weighted by molar-refractivity contribution is -0.123. The van der Waals surface area contributed by atoms with Crippen LogP contribution in [0.15, 0.2) is 30.3 Å². The molecule has 0 atom stereocenters. The number of halogens is 2. The number of rotatable bonds is 3. The fourth-order valence-electron chi connectivity index (χ4n) is 2.01. The molecule has 1 aliphatic rings. The lowest BCUT2D eigenvalue weighted by Crippen LogP contribution is -2.40. The molecule has 17 heavy (non-hydrogen) atoms. The van der Waals surface area contributed by atoms with E-state index in [2.05, 4.69) is 0 Å². The van der Waals surface area contributed by atoms with Crippen molar-refractivity contribution in [2.45, 2.75) is 18.8 Å². The third kappa shape index (κ3) is 3.09. The average Bonchev–Trinajstić information content (AvgIpc) is 2.33. The van der Waals surface area contributed by atoms with Gasteiger partial charge in [-0.2, -0.15) is 8.78 Å². The Hall–Kier alpha value is -1.29. The monoisotopic (exact) mass is 239 g/mol. The minimum atomic E-state index is -2.85. The van der Waals surface area contributed by atoms with Crippen LogP contribution in [0.3, 0.4) is 0 Å². The van der Waals surface area contributed by atoms with Crippen molar-refractivity contribution in [3.63, 3.8) is 0 Å². The normalized spacial score (nSPS) is 18.4. The molecule has 0 bridgehead atoms. The van der Waals surface area contributed by atoms with Gasteiger partial charge in [-0.05, 0) is 0 Å². The van der Waals surface area contributed by atoms with E-state index in [0.717, 1.165) is 0 Å². The molecule has 0 N–H and O–H groups in total. The summed E-state index contributed by atoms with van der Waals surface area (Å²) in [6.45, 7) is 0.590. The second kappa shape index (κ2) is 4.92. The van der Waals surface area contributed by atoms with E-state index < -0.39 is 5.92 Å². The molecule has 0 aromatic heterocycles. The van der Waals surface area contributed by atoms with Crippen molar-refractivity contribution in [1.82, 2.24) is 4.90 Å². The van der Waals surface area contributed by atoms with Crippen LogP contribution in [0.1, 0.15) is 18.4 Å². The quantitative estimate of drug-likeness (QED) is 0.807. The lowest BCUT2D eigenvalue weighted by atomic mass is 10.1. The van der Waals surface area contributed by atoms with Crippen LogP contribution >= 0.6 is 0 Å². The van der Waals surface area contributed by atoms with E-state index in [9.17, 15) is 13.6 Å². The minimum absolute atomic E-state index is 0.0388. The molecule has 1 fully saturated rings. The predicted molar refractivity (Wildman–Crippen MR) is 61.0 cm³/mol. The molecule has 2 nitrogen and oxygen atoms in total. The molecular formula is C13H15F2NO. The maximum atomic E-state index is 13.9. The molecule has 2 rings (SSSR count). The standard InChI is InChI=1S/C13H15F2NO/c14-13(15,11-4-2-1-3-5-11)10-16-8-6-12(17)7-9-16/h1-5H,6-10H2. The average molecular weight is 239 g/mol. The van der Waals surface area contributed by atoms with Crippen LogP contribution in [0, 0.1) is 0 Å². The maximum absolute atomic E-state index is 13.9. The van der Waals surface area contributed by atoms with E-state index in [-0.39, 0.29) is 17.9 Å². The van der Waals surface area contributed by atoms with Crippen LogP contribution in [0.5, 0.6) is 0 Å². The molecule has 92 valence electrons. The van der Waals surface area contributed by atoms with Gasteiger partial charge in [0.1, 0.15) is 5.78 Å². The third-order valence-corrected chi connectivity index (χ3v) is 3.03. The highest BCUT2D eigenvalue weighted by molar-refractivity contribution is 5.79. The van der Waals surface area contributed by atoms with Crippen molar-refractivity contribution in [2.24, 2.45) is 0 Å². The second-order valence-electron chi connectivity index (χ2n) is 4.39. The van der Waals surface area contributed by atoms with Gasteiger partial charge in [-0.1, -0.05) is 30.3 Å². The van der Waals surface area contributed by atoms with Gasteiger partial charge in [0, 0.05) is 31.5 Å². The first-order chi connectivity index (χ1) is 8.08. The Morgan fingerprint density at radius 1 is 1.12 bits per heavy atom. The molecule has 1 saturated heterocycles. The van der Waals surface area contributed by atoms with Crippen LogP contribution < -0.4 is 0 Å². The maximum Gasteiger partial charge on any atom is 0.285 e. The van der Waals surface area contributed by atoms with Gasteiger partial charge >= 0.3 is 0 Å². The number of hydrogen-bond donors (Lipinski definition) is 0. The van der Waals surface area contributed by atoms with E-state index in [1.807, 2.05) is 0 Å². The van der Waals surface area contributed by atoms with Crippen molar-refractivity contribution in [2.75, 3.05) is 19.6 Å². The Labute approximate surface area is 99.2 Å². The number of piperidine rings is 1. The fourth-order valence-corrected chi connectivity index (χ4v) is 2.01. The van der Waals surface area contributed by atoms with E-state index in [1.54, 1.807) is 23.1 Å². The summed E-state index contributed by atoms with van der Waals surface area (Å²) in [5.41, 5.74) is 0.0388. The Bertz CT molecular complexity index is 382. The van der Waals surface area contributed by atoms with Gasteiger partial charge in [0.25, 0.3) is 5.92 Å². The summed E-state index contributed by atoms with van der Waals surface area (Å²) >= 11 is 0. The number of nitrogens with zero attached hydrogens (tertiary/aromatic N) is 1. The molecule has 1 aromatic carbocycles. The van der Waals surface area contributed by atoms with E-state index in [1.165, 1.54) is 12.1 Å². The first-order valence-corrected chi connectivity index (χ1v) is 5.75. The van der Waals surface area contributed by atoms with Crippen molar-refractivity contribution in [3.05, 3.63) is 35.9 Å². The molecule has 0 unspecified atom stereocenters. The van der Waals surface area contributed by atoms with Crippen molar-refractivity contribution in [3.8, 4) is 0 Å². The second-order valence-corrected chi connectivity index (χ2v) is 4.39. The molecule has 0 saturated carbocycles. The molecule has 1 aromatic rings. The fraction of sp³-hybridized carbons (Fsp3) is 0.462. The van der Waals surface area contributed by atoms with Crippen LogP contribution in [-0.2, 0) is 10.7 Å². The molecular weight excluding hydrogens is 224 g/mol. The molecule has 0 aliphatic carbocycles. The number of hydrogen-bond acceptors (Lipinski definition) is 2. The summed E-state index contributed by atoms with van der Waals surface area (Å²) in [6, 6.07) is 7.83. The number of likely N-dealkylation sites (tertiary alicyclic amines) is 1. The van der Waals surface area contributed by atoms with Gasteiger partial charge in [-0.15, -0.1) is 0 Å². The topological polar surface area (TPSA) is 20.3 Å². The number of Topliss-reactive ketones (excluding diaryl/α,β-unsaturated/α-hetero) is 1.